The number of rotatable bonds is 4. The van der Waals surface area contributed by atoms with Gasteiger partial charge >= 0.3 is 0 Å². The number of hydrogen-bond acceptors (Lipinski definition) is 3. The summed E-state index contributed by atoms with van der Waals surface area (Å²) < 4.78 is 5.09. The molecule has 0 saturated carbocycles. The Bertz CT molecular complexity index is 260. The van der Waals surface area contributed by atoms with Crippen LogP contribution in [0.1, 0.15) is 56.6 Å². The van der Waals surface area contributed by atoms with E-state index < -0.39 is 0 Å². The second-order valence-corrected chi connectivity index (χ2v) is 3.95. The number of hydrogen-bond donors (Lipinski definition) is 0. The maximum absolute atomic E-state index is 5.81. The lowest BCUT2D eigenvalue weighted by Crippen LogP contribution is -1.94. The van der Waals surface area contributed by atoms with Crippen molar-refractivity contribution in [3.05, 3.63) is 11.7 Å². The van der Waals surface area contributed by atoms with Crippen molar-refractivity contribution in [1.82, 2.24) is 10.1 Å². The van der Waals surface area contributed by atoms with Crippen LogP contribution in [0.25, 0.3) is 0 Å². The average Bonchev–Trinajstić information content (AvgIpc) is 2.52. The molecule has 0 aliphatic rings. The molecule has 13 heavy (non-hydrogen) atoms. The van der Waals surface area contributed by atoms with Crippen molar-refractivity contribution < 1.29 is 4.52 Å². The molecule has 1 rings (SSSR count). The molecule has 74 valence electrons. The number of aromatic nitrogens is 2. The van der Waals surface area contributed by atoms with Gasteiger partial charge in [-0.05, 0) is 13.3 Å². The Hall–Kier alpha value is -0.570. The maximum Gasteiger partial charge on any atom is 0.229 e. The molecule has 0 fully saturated rings. The van der Waals surface area contributed by atoms with Crippen LogP contribution < -0.4 is 0 Å². The van der Waals surface area contributed by atoms with Crippen molar-refractivity contribution >= 4 is 11.6 Å². The molecule has 0 radical (unpaired) electrons. The highest BCUT2D eigenvalue weighted by Crippen LogP contribution is 2.22. The molecule has 0 amide bonds. The van der Waals surface area contributed by atoms with E-state index in [0.29, 0.717) is 17.6 Å². The highest BCUT2D eigenvalue weighted by molar-refractivity contribution is 6.20. The predicted octanol–water partition coefficient (Wildman–Crippen LogP) is 3.27. The summed E-state index contributed by atoms with van der Waals surface area (Å²) in [7, 11) is 0. The van der Waals surface area contributed by atoms with Gasteiger partial charge in [0, 0.05) is 5.92 Å². The minimum Gasteiger partial charge on any atom is -0.339 e. The molecule has 0 aliphatic carbocycles. The number of alkyl halides is 1. The third kappa shape index (κ3) is 2.69. The minimum atomic E-state index is -0.175. The van der Waals surface area contributed by atoms with Crippen LogP contribution in [0.15, 0.2) is 4.52 Å². The molecule has 2 unspecified atom stereocenters. The van der Waals surface area contributed by atoms with Crippen LogP contribution in [-0.4, -0.2) is 10.1 Å². The second-order valence-electron chi connectivity index (χ2n) is 3.30. The van der Waals surface area contributed by atoms with Gasteiger partial charge in [0.05, 0.1) is 5.38 Å². The highest BCUT2D eigenvalue weighted by Gasteiger charge is 2.15. The SMILES string of the molecule is CCCC(C)c1nc(C(C)Cl)no1. The van der Waals surface area contributed by atoms with E-state index in [1.54, 1.807) is 0 Å². The van der Waals surface area contributed by atoms with Crippen LogP contribution >= 0.6 is 11.6 Å². The van der Waals surface area contributed by atoms with E-state index in [1.807, 2.05) is 6.92 Å². The van der Waals surface area contributed by atoms with Crippen LogP contribution in [0, 0.1) is 0 Å². The first-order valence-corrected chi connectivity index (χ1v) is 5.06. The van der Waals surface area contributed by atoms with Gasteiger partial charge in [0.2, 0.25) is 5.89 Å². The Balaban J connectivity index is 2.67. The van der Waals surface area contributed by atoms with Crippen molar-refractivity contribution in [3.8, 4) is 0 Å². The summed E-state index contributed by atoms with van der Waals surface area (Å²) in [5.74, 6) is 1.62. The van der Waals surface area contributed by atoms with E-state index in [1.165, 1.54) is 0 Å². The van der Waals surface area contributed by atoms with Crippen molar-refractivity contribution in [2.24, 2.45) is 0 Å². The summed E-state index contributed by atoms with van der Waals surface area (Å²) in [6.45, 7) is 6.05. The van der Waals surface area contributed by atoms with E-state index in [2.05, 4.69) is 24.0 Å². The lowest BCUT2D eigenvalue weighted by atomic mass is 10.1. The Morgan fingerprint density at radius 2 is 2.15 bits per heavy atom. The number of nitrogens with zero attached hydrogens (tertiary/aromatic N) is 2. The summed E-state index contributed by atoms with van der Waals surface area (Å²) in [6, 6.07) is 0. The molecular formula is C9H15ClN2O. The monoisotopic (exact) mass is 202 g/mol. The van der Waals surface area contributed by atoms with Gasteiger partial charge in [0.25, 0.3) is 0 Å². The van der Waals surface area contributed by atoms with Crippen molar-refractivity contribution in [3.63, 3.8) is 0 Å². The Morgan fingerprint density at radius 3 is 2.62 bits per heavy atom. The van der Waals surface area contributed by atoms with Crippen molar-refractivity contribution in [2.75, 3.05) is 0 Å². The minimum absolute atomic E-state index is 0.175. The third-order valence-electron chi connectivity index (χ3n) is 1.96. The molecule has 1 aromatic rings. The maximum atomic E-state index is 5.81. The van der Waals surface area contributed by atoms with E-state index in [-0.39, 0.29) is 5.38 Å². The zero-order valence-electron chi connectivity index (χ0n) is 8.25. The van der Waals surface area contributed by atoms with Gasteiger partial charge in [0.15, 0.2) is 5.82 Å². The standard InChI is InChI=1S/C9H15ClN2O/c1-4-5-6(2)9-11-8(7(3)10)12-13-9/h6-7H,4-5H2,1-3H3. The van der Waals surface area contributed by atoms with E-state index in [0.717, 1.165) is 12.8 Å². The van der Waals surface area contributed by atoms with Gasteiger partial charge in [-0.1, -0.05) is 25.4 Å². The fourth-order valence-electron chi connectivity index (χ4n) is 1.17. The van der Waals surface area contributed by atoms with Crippen LogP contribution in [0.5, 0.6) is 0 Å². The smallest absolute Gasteiger partial charge is 0.229 e. The molecule has 3 nitrogen and oxygen atoms in total. The van der Waals surface area contributed by atoms with Crippen molar-refractivity contribution in [1.29, 1.82) is 0 Å². The normalized spacial score (nSPS) is 15.7. The largest absolute Gasteiger partial charge is 0.339 e. The lowest BCUT2D eigenvalue weighted by molar-refractivity contribution is 0.349. The van der Waals surface area contributed by atoms with Gasteiger partial charge in [-0.2, -0.15) is 4.98 Å². The molecule has 0 spiro atoms. The highest BCUT2D eigenvalue weighted by atomic mass is 35.5. The Labute approximate surface area is 83.5 Å². The molecule has 0 N–H and O–H groups in total. The zero-order chi connectivity index (χ0) is 9.84. The van der Waals surface area contributed by atoms with Gasteiger partial charge in [-0.15, -0.1) is 11.6 Å². The lowest BCUT2D eigenvalue weighted by Gasteiger charge is -2.01. The van der Waals surface area contributed by atoms with Crippen LogP contribution in [0.4, 0.5) is 0 Å². The Kier molecular flexibility index (Phi) is 3.72. The third-order valence-corrected chi connectivity index (χ3v) is 2.15. The molecule has 0 aromatic carbocycles. The molecular weight excluding hydrogens is 188 g/mol. The van der Waals surface area contributed by atoms with Gasteiger partial charge in [-0.25, -0.2) is 0 Å². The first-order chi connectivity index (χ1) is 6.15. The summed E-state index contributed by atoms with van der Waals surface area (Å²) >= 11 is 5.81. The first kappa shape index (κ1) is 10.5. The van der Waals surface area contributed by atoms with Crippen LogP contribution in [-0.2, 0) is 0 Å². The number of halogens is 1. The summed E-state index contributed by atoms with van der Waals surface area (Å²) in [6.07, 6.45) is 2.19. The van der Waals surface area contributed by atoms with Gasteiger partial charge < -0.3 is 4.52 Å². The molecule has 1 aromatic heterocycles. The molecule has 2 atom stereocenters. The molecule has 1 heterocycles. The quantitative estimate of drug-likeness (QED) is 0.704. The molecule has 0 aliphatic heterocycles. The topological polar surface area (TPSA) is 38.9 Å². The van der Waals surface area contributed by atoms with Gasteiger partial charge in [0.1, 0.15) is 0 Å². The second kappa shape index (κ2) is 4.61. The fraction of sp³-hybridized carbons (Fsp3) is 0.778. The van der Waals surface area contributed by atoms with Crippen LogP contribution in [0.3, 0.4) is 0 Å². The van der Waals surface area contributed by atoms with E-state index >= 15 is 0 Å². The summed E-state index contributed by atoms with van der Waals surface area (Å²) in [4.78, 5) is 4.22. The average molecular weight is 203 g/mol. The summed E-state index contributed by atoms with van der Waals surface area (Å²) in [5, 5.41) is 3.63. The predicted molar refractivity (Wildman–Crippen MR) is 51.9 cm³/mol. The first-order valence-electron chi connectivity index (χ1n) is 4.62. The summed E-state index contributed by atoms with van der Waals surface area (Å²) in [5.41, 5.74) is 0. The Morgan fingerprint density at radius 1 is 1.46 bits per heavy atom. The fourth-order valence-corrected chi connectivity index (χ4v) is 1.25. The van der Waals surface area contributed by atoms with Crippen LogP contribution in [0.2, 0.25) is 0 Å². The van der Waals surface area contributed by atoms with E-state index in [9.17, 15) is 0 Å². The molecule has 4 heteroatoms. The zero-order valence-corrected chi connectivity index (χ0v) is 9.01. The van der Waals surface area contributed by atoms with Crippen molar-refractivity contribution in [2.45, 2.75) is 44.9 Å². The molecule has 0 saturated heterocycles. The van der Waals surface area contributed by atoms with Gasteiger partial charge in [-0.3, -0.25) is 0 Å². The molecule has 0 bridgehead atoms. The van der Waals surface area contributed by atoms with E-state index in [4.69, 9.17) is 16.1 Å².